The first kappa shape index (κ1) is 16.0. The topological polar surface area (TPSA) is 17.1 Å². The molecule has 110 valence electrons. The molecule has 2 rings (SSSR count). The first-order chi connectivity index (χ1) is 9.80. The SMILES string of the molecule is O=C(c1ccc(Br)cc1C(F)(F)F)C(Cl)c1ccccc1. The molecule has 21 heavy (non-hydrogen) atoms. The standard InChI is InChI=1S/C15H9BrClF3O/c16-10-6-7-11(12(8-10)15(18,19)20)14(21)13(17)9-4-2-1-3-5-9/h1-8,13H. The van der Waals surface area contributed by atoms with Crippen LogP contribution in [0.25, 0.3) is 0 Å². The number of halogens is 5. The van der Waals surface area contributed by atoms with Gasteiger partial charge in [0, 0.05) is 10.0 Å². The highest BCUT2D eigenvalue weighted by Crippen LogP contribution is 2.36. The van der Waals surface area contributed by atoms with E-state index in [1.165, 1.54) is 6.07 Å². The summed E-state index contributed by atoms with van der Waals surface area (Å²) >= 11 is 9.00. The lowest BCUT2D eigenvalue weighted by Gasteiger charge is -2.15. The second-order valence-electron chi connectivity index (χ2n) is 4.33. The van der Waals surface area contributed by atoms with E-state index in [4.69, 9.17) is 11.6 Å². The largest absolute Gasteiger partial charge is 0.417 e. The Morgan fingerprint density at radius 3 is 2.29 bits per heavy atom. The molecular weight excluding hydrogens is 369 g/mol. The van der Waals surface area contributed by atoms with Gasteiger partial charge in [-0.2, -0.15) is 13.2 Å². The zero-order valence-electron chi connectivity index (χ0n) is 10.5. The van der Waals surface area contributed by atoms with Gasteiger partial charge in [-0.15, -0.1) is 11.6 Å². The number of carbonyl (C=O) groups is 1. The van der Waals surface area contributed by atoms with Crippen molar-refractivity contribution in [2.24, 2.45) is 0 Å². The van der Waals surface area contributed by atoms with Gasteiger partial charge in [0.2, 0.25) is 0 Å². The maximum Gasteiger partial charge on any atom is 0.417 e. The van der Waals surface area contributed by atoms with Crippen molar-refractivity contribution in [3.05, 3.63) is 69.7 Å². The Hall–Kier alpha value is -1.33. The van der Waals surface area contributed by atoms with Gasteiger partial charge in [0.25, 0.3) is 0 Å². The first-order valence-corrected chi connectivity index (χ1v) is 7.13. The fourth-order valence-electron chi connectivity index (χ4n) is 1.88. The molecule has 2 aromatic rings. The van der Waals surface area contributed by atoms with Crippen LogP contribution in [0.15, 0.2) is 53.0 Å². The van der Waals surface area contributed by atoms with Crippen LogP contribution in [-0.2, 0) is 6.18 Å². The number of rotatable bonds is 3. The summed E-state index contributed by atoms with van der Waals surface area (Å²) in [4.78, 5) is 12.3. The van der Waals surface area contributed by atoms with Gasteiger partial charge < -0.3 is 0 Å². The second kappa shape index (κ2) is 6.20. The molecule has 0 aliphatic heterocycles. The van der Waals surface area contributed by atoms with Crippen LogP contribution in [0.5, 0.6) is 0 Å². The van der Waals surface area contributed by atoms with Crippen molar-refractivity contribution in [3.8, 4) is 0 Å². The van der Waals surface area contributed by atoms with E-state index in [9.17, 15) is 18.0 Å². The Kier molecular flexibility index (Phi) is 4.74. The summed E-state index contributed by atoms with van der Waals surface area (Å²) in [6.07, 6.45) is -4.62. The molecule has 0 aliphatic carbocycles. The van der Waals surface area contributed by atoms with Crippen LogP contribution in [0.1, 0.15) is 26.9 Å². The van der Waals surface area contributed by atoms with Gasteiger partial charge in [0.1, 0.15) is 5.38 Å². The van der Waals surface area contributed by atoms with Crippen LogP contribution in [-0.4, -0.2) is 5.78 Å². The predicted octanol–water partition coefficient (Wildman–Crippen LogP) is 5.63. The van der Waals surface area contributed by atoms with Crippen LogP contribution >= 0.6 is 27.5 Å². The molecule has 2 aromatic carbocycles. The van der Waals surface area contributed by atoms with E-state index in [1.807, 2.05) is 0 Å². The predicted molar refractivity (Wildman–Crippen MR) is 78.5 cm³/mol. The van der Waals surface area contributed by atoms with E-state index in [-0.39, 0.29) is 4.47 Å². The lowest BCUT2D eigenvalue weighted by atomic mass is 9.98. The van der Waals surface area contributed by atoms with Gasteiger partial charge in [0.15, 0.2) is 5.78 Å². The third-order valence-electron chi connectivity index (χ3n) is 2.87. The highest BCUT2D eigenvalue weighted by molar-refractivity contribution is 9.10. The Bertz CT molecular complexity index is 656. The van der Waals surface area contributed by atoms with E-state index in [1.54, 1.807) is 30.3 Å². The van der Waals surface area contributed by atoms with Gasteiger partial charge in [-0.3, -0.25) is 4.79 Å². The molecule has 1 unspecified atom stereocenters. The van der Waals surface area contributed by atoms with Gasteiger partial charge in [-0.05, 0) is 23.8 Å². The van der Waals surface area contributed by atoms with Crippen molar-refractivity contribution >= 4 is 33.3 Å². The fraction of sp³-hybridized carbons (Fsp3) is 0.133. The number of Topliss-reactive ketones (excluding diaryl/α,β-unsaturated/α-hetero) is 1. The smallest absolute Gasteiger partial charge is 0.292 e. The van der Waals surface area contributed by atoms with Crippen LogP contribution < -0.4 is 0 Å². The Morgan fingerprint density at radius 2 is 1.71 bits per heavy atom. The highest BCUT2D eigenvalue weighted by atomic mass is 79.9. The van der Waals surface area contributed by atoms with Gasteiger partial charge in [-0.1, -0.05) is 46.3 Å². The highest BCUT2D eigenvalue weighted by Gasteiger charge is 2.36. The molecule has 0 saturated carbocycles. The number of alkyl halides is 4. The number of hydrogen-bond acceptors (Lipinski definition) is 1. The molecule has 0 radical (unpaired) electrons. The van der Waals surface area contributed by atoms with Gasteiger partial charge in [0.05, 0.1) is 5.56 Å². The summed E-state index contributed by atoms with van der Waals surface area (Å²) in [5.74, 6) is -0.775. The maximum atomic E-state index is 13.0. The maximum absolute atomic E-state index is 13.0. The lowest BCUT2D eigenvalue weighted by molar-refractivity contribution is -0.138. The lowest BCUT2D eigenvalue weighted by Crippen LogP contribution is -2.16. The summed E-state index contributed by atoms with van der Waals surface area (Å²) in [6, 6.07) is 11.7. The van der Waals surface area contributed by atoms with Crippen molar-refractivity contribution in [1.29, 1.82) is 0 Å². The molecule has 0 heterocycles. The van der Waals surface area contributed by atoms with E-state index in [0.29, 0.717) is 5.56 Å². The average Bonchev–Trinajstić information content (AvgIpc) is 2.45. The molecule has 0 bridgehead atoms. The summed E-state index contributed by atoms with van der Waals surface area (Å²) in [7, 11) is 0. The van der Waals surface area contributed by atoms with Crippen LogP contribution in [0.2, 0.25) is 0 Å². The molecule has 6 heteroatoms. The Labute approximate surface area is 132 Å². The normalized spacial score (nSPS) is 13.0. The van der Waals surface area contributed by atoms with E-state index in [0.717, 1.165) is 12.1 Å². The van der Waals surface area contributed by atoms with E-state index < -0.39 is 28.5 Å². The minimum atomic E-state index is -4.62. The zero-order valence-corrected chi connectivity index (χ0v) is 12.8. The Balaban J connectivity index is 2.45. The van der Waals surface area contributed by atoms with Crippen molar-refractivity contribution < 1.29 is 18.0 Å². The van der Waals surface area contributed by atoms with Gasteiger partial charge >= 0.3 is 6.18 Å². The van der Waals surface area contributed by atoms with E-state index >= 15 is 0 Å². The second-order valence-corrected chi connectivity index (χ2v) is 5.68. The molecule has 0 N–H and O–H groups in total. The van der Waals surface area contributed by atoms with Crippen molar-refractivity contribution in [1.82, 2.24) is 0 Å². The quantitative estimate of drug-likeness (QED) is 0.500. The summed E-state index contributed by atoms with van der Waals surface area (Å²) in [6.45, 7) is 0. The molecule has 0 spiro atoms. The molecule has 1 nitrogen and oxygen atoms in total. The fourth-order valence-corrected chi connectivity index (χ4v) is 2.50. The van der Waals surface area contributed by atoms with Crippen LogP contribution in [0.3, 0.4) is 0 Å². The van der Waals surface area contributed by atoms with E-state index in [2.05, 4.69) is 15.9 Å². The Morgan fingerprint density at radius 1 is 1.10 bits per heavy atom. The molecule has 1 atom stereocenters. The summed E-state index contributed by atoms with van der Waals surface area (Å²) < 4.78 is 39.4. The molecular formula is C15H9BrClF3O. The molecule has 0 saturated heterocycles. The minimum Gasteiger partial charge on any atom is -0.292 e. The summed E-state index contributed by atoms with van der Waals surface area (Å²) in [5, 5.41) is -1.16. The van der Waals surface area contributed by atoms with Crippen molar-refractivity contribution in [3.63, 3.8) is 0 Å². The third-order valence-corrected chi connectivity index (χ3v) is 3.82. The first-order valence-electron chi connectivity index (χ1n) is 5.90. The monoisotopic (exact) mass is 376 g/mol. The third kappa shape index (κ3) is 3.66. The minimum absolute atomic E-state index is 0.247. The number of carbonyl (C=O) groups excluding carboxylic acids is 1. The molecule has 0 fully saturated rings. The van der Waals surface area contributed by atoms with Crippen LogP contribution in [0.4, 0.5) is 13.2 Å². The number of hydrogen-bond donors (Lipinski definition) is 0. The molecule has 0 amide bonds. The molecule has 0 aliphatic rings. The van der Waals surface area contributed by atoms with Gasteiger partial charge in [-0.25, -0.2) is 0 Å². The summed E-state index contributed by atoms with van der Waals surface area (Å²) in [5.41, 5.74) is -0.974. The van der Waals surface area contributed by atoms with Crippen LogP contribution in [0, 0.1) is 0 Å². The number of benzene rings is 2. The molecule has 0 aromatic heterocycles. The average molecular weight is 378 g/mol. The van der Waals surface area contributed by atoms with Crippen molar-refractivity contribution in [2.45, 2.75) is 11.6 Å². The zero-order chi connectivity index (χ0) is 15.6. The van der Waals surface area contributed by atoms with Crippen molar-refractivity contribution in [2.75, 3.05) is 0 Å². The number of ketones is 1.